The first kappa shape index (κ1) is 14.6. The quantitative estimate of drug-likeness (QED) is 0.879. The highest BCUT2D eigenvalue weighted by Gasteiger charge is 2.02. The van der Waals surface area contributed by atoms with E-state index in [9.17, 15) is 4.79 Å². The van der Waals surface area contributed by atoms with Gasteiger partial charge < -0.3 is 10.6 Å². The number of carbonyl (C=O) groups excluding carboxylic acids is 1. The zero-order valence-electron chi connectivity index (χ0n) is 11.3. The van der Waals surface area contributed by atoms with E-state index in [1.807, 2.05) is 55.5 Å². The lowest BCUT2D eigenvalue weighted by atomic mass is 10.1. The van der Waals surface area contributed by atoms with Gasteiger partial charge in [0.2, 0.25) is 0 Å². The summed E-state index contributed by atoms with van der Waals surface area (Å²) in [5, 5.41) is 5.70. The van der Waals surface area contributed by atoms with Crippen LogP contribution in [0.3, 0.4) is 0 Å². The second-order valence-corrected chi connectivity index (χ2v) is 5.50. The van der Waals surface area contributed by atoms with Crippen LogP contribution in [0.4, 0.5) is 4.79 Å². The predicted molar refractivity (Wildman–Crippen MR) is 84.4 cm³/mol. The van der Waals surface area contributed by atoms with Crippen molar-refractivity contribution in [1.29, 1.82) is 0 Å². The van der Waals surface area contributed by atoms with Crippen LogP contribution in [0.2, 0.25) is 0 Å². The maximum absolute atomic E-state index is 11.7. The Morgan fingerprint density at radius 2 is 1.65 bits per heavy atom. The molecule has 0 radical (unpaired) electrons. The molecule has 0 saturated carbocycles. The van der Waals surface area contributed by atoms with Crippen LogP contribution in [0.5, 0.6) is 0 Å². The number of halogens is 1. The molecule has 104 valence electrons. The molecule has 3 nitrogen and oxygen atoms in total. The first-order chi connectivity index (χ1) is 9.65. The summed E-state index contributed by atoms with van der Waals surface area (Å²) in [6.07, 6.45) is 0. The van der Waals surface area contributed by atoms with Gasteiger partial charge in [-0.15, -0.1) is 0 Å². The van der Waals surface area contributed by atoms with Gasteiger partial charge in [0, 0.05) is 17.6 Å². The van der Waals surface area contributed by atoms with E-state index in [4.69, 9.17) is 0 Å². The summed E-state index contributed by atoms with van der Waals surface area (Å²) in [7, 11) is 0. The van der Waals surface area contributed by atoms with E-state index in [1.165, 1.54) is 5.56 Å². The second kappa shape index (κ2) is 7.10. The monoisotopic (exact) mass is 332 g/mol. The number of nitrogens with one attached hydrogen (secondary N) is 2. The fourth-order valence-electron chi connectivity index (χ4n) is 1.83. The molecule has 0 aromatic heterocycles. The van der Waals surface area contributed by atoms with Gasteiger partial charge in [0.15, 0.2) is 0 Å². The number of carbonyl (C=O) groups is 1. The van der Waals surface area contributed by atoms with Crippen molar-refractivity contribution < 1.29 is 4.79 Å². The van der Waals surface area contributed by atoms with Crippen molar-refractivity contribution >= 4 is 22.0 Å². The third-order valence-electron chi connectivity index (χ3n) is 3.07. The van der Waals surface area contributed by atoms with Gasteiger partial charge in [-0.25, -0.2) is 4.79 Å². The molecule has 2 amide bonds. The SMILES string of the molecule is Cc1ccccc1CNC(=O)NCc1ccc(Br)cc1. The van der Waals surface area contributed by atoms with Gasteiger partial charge >= 0.3 is 6.03 Å². The van der Waals surface area contributed by atoms with E-state index in [0.717, 1.165) is 15.6 Å². The van der Waals surface area contributed by atoms with Crippen molar-refractivity contribution in [2.45, 2.75) is 20.0 Å². The number of rotatable bonds is 4. The summed E-state index contributed by atoms with van der Waals surface area (Å²) in [4.78, 5) is 11.7. The van der Waals surface area contributed by atoms with Gasteiger partial charge in [-0.3, -0.25) is 0 Å². The summed E-state index contributed by atoms with van der Waals surface area (Å²) in [5.41, 5.74) is 3.38. The van der Waals surface area contributed by atoms with Gasteiger partial charge in [0.1, 0.15) is 0 Å². The Morgan fingerprint density at radius 1 is 1.00 bits per heavy atom. The molecule has 4 heteroatoms. The van der Waals surface area contributed by atoms with Crippen LogP contribution in [0.1, 0.15) is 16.7 Å². The predicted octanol–water partition coefficient (Wildman–Crippen LogP) is 3.76. The molecular formula is C16H17BrN2O. The standard InChI is InChI=1S/C16H17BrN2O/c1-12-4-2-3-5-14(12)11-19-16(20)18-10-13-6-8-15(17)9-7-13/h2-9H,10-11H2,1H3,(H2,18,19,20). The highest BCUT2D eigenvalue weighted by atomic mass is 79.9. The fraction of sp³-hybridized carbons (Fsp3) is 0.188. The summed E-state index contributed by atoms with van der Waals surface area (Å²) < 4.78 is 1.03. The Morgan fingerprint density at radius 3 is 2.35 bits per heavy atom. The molecule has 0 heterocycles. The van der Waals surface area contributed by atoms with Crippen molar-refractivity contribution in [1.82, 2.24) is 10.6 Å². The number of urea groups is 1. The molecule has 2 aromatic carbocycles. The lowest BCUT2D eigenvalue weighted by molar-refractivity contribution is 0.240. The van der Waals surface area contributed by atoms with Crippen LogP contribution in [0.25, 0.3) is 0 Å². The average molecular weight is 333 g/mol. The number of amides is 2. The van der Waals surface area contributed by atoms with Crippen LogP contribution in [-0.4, -0.2) is 6.03 Å². The lowest BCUT2D eigenvalue weighted by Crippen LogP contribution is -2.34. The first-order valence-corrected chi connectivity index (χ1v) is 7.25. The topological polar surface area (TPSA) is 41.1 Å². The maximum Gasteiger partial charge on any atom is 0.315 e. The molecule has 0 saturated heterocycles. The molecular weight excluding hydrogens is 316 g/mol. The third-order valence-corrected chi connectivity index (χ3v) is 3.60. The van der Waals surface area contributed by atoms with Gasteiger partial charge in [-0.1, -0.05) is 52.3 Å². The Balaban J connectivity index is 1.78. The number of benzene rings is 2. The van der Waals surface area contributed by atoms with Crippen LogP contribution in [-0.2, 0) is 13.1 Å². The highest BCUT2D eigenvalue weighted by molar-refractivity contribution is 9.10. The van der Waals surface area contributed by atoms with E-state index >= 15 is 0 Å². The minimum absolute atomic E-state index is 0.156. The number of hydrogen-bond donors (Lipinski definition) is 2. The molecule has 20 heavy (non-hydrogen) atoms. The van der Waals surface area contributed by atoms with Gasteiger partial charge in [0.25, 0.3) is 0 Å². The molecule has 2 aromatic rings. The van der Waals surface area contributed by atoms with Crippen molar-refractivity contribution in [2.24, 2.45) is 0 Å². The smallest absolute Gasteiger partial charge is 0.315 e. The van der Waals surface area contributed by atoms with E-state index in [2.05, 4.69) is 26.6 Å². The first-order valence-electron chi connectivity index (χ1n) is 6.46. The maximum atomic E-state index is 11.7. The van der Waals surface area contributed by atoms with Crippen molar-refractivity contribution in [3.63, 3.8) is 0 Å². The van der Waals surface area contributed by atoms with Crippen LogP contribution in [0, 0.1) is 6.92 Å². The molecule has 2 N–H and O–H groups in total. The fourth-order valence-corrected chi connectivity index (χ4v) is 2.10. The molecule has 0 aliphatic heterocycles. The van der Waals surface area contributed by atoms with Crippen molar-refractivity contribution in [3.05, 3.63) is 69.7 Å². The Bertz CT molecular complexity index is 581. The Kier molecular flexibility index (Phi) is 5.18. The Labute approximate surface area is 127 Å². The van der Waals surface area contributed by atoms with Crippen molar-refractivity contribution in [2.75, 3.05) is 0 Å². The summed E-state index contributed by atoms with van der Waals surface area (Å²) >= 11 is 3.38. The zero-order chi connectivity index (χ0) is 14.4. The molecule has 2 rings (SSSR count). The van der Waals surface area contributed by atoms with Crippen molar-refractivity contribution in [3.8, 4) is 0 Å². The van der Waals surface area contributed by atoms with E-state index in [1.54, 1.807) is 0 Å². The van der Waals surface area contributed by atoms with Gasteiger partial charge in [-0.05, 0) is 35.7 Å². The normalized spacial score (nSPS) is 10.1. The molecule has 0 fully saturated rings. The minimum atomic E-state index is -0.156. The van der Waals surface area contributed by atoms with Gasteiger partial charge in [0.05, 0.1) is 0 Å². The Hall–Kier alpha value is -1.81. The van der Waals surface area contributed by atoms with Crippen LogP contribution < -0.4 is 10.6 Å². The highest BCUT2D eigenvalue weighted by Crippen LogP contribution is 2.10. The average Bonchev–Trinajstić information content (AvgIpc) is 2.46. The third kappa shape index (κ3) is 4.38. The minimum Gasteiger partial charge on any atom is -0.334 e. The number of aryl methyl sites for hydroxylation is 1. The van der Waals surface area contributed by atoms with E-state index < -0.39 is 0 Å². The summed E-state index contributed by atoms with van der Waals surface area (Å²) in [6.45, 7) is 3.10. The largest absolute Gasteiger partial charge is 0.334 e. The zero-order valence-corrected chi connectivity index (χ0v) is 12.9. The second-order valence-electron chi connectivity index (χ2n) is 4.59. The molecule has 0 bridgehead atoms. The van der Waals surface area contributed by atoms with E-state index in [-0.39, 0.29) is 6.03 Å². The van der Waals surface area contributed by atoms with E-state index in [0.29, 0.717) is 13.1 Å². The number of hydrogen-bond acceptors (Lipinski definition) is 1. The molecule has 0 aliphatic carbocycles. The molecule has 0 aliphatic rings. The summed E-state index contributed by atoms with van der Waals surface area (Å²) in [5.74, 6) is 0. The molecule has 0 spiro atoms. The summed E-state index contributed by atoms with van der Waals surface area (Å²) in [6, 6.07) is 15.7. The van der Waals surface area contributed by atoms with Crippen LogP contribution >= 0.6 is 15.9 Å². The molecule has 0 atom stereocenters. The lowest BCUT2D eigenvalue weighted by Gasteiger charge is -2.09. The molecule has 0 unspecified atom stereocenters. The van der Waals surface area contributed by atoms with Gasteiger partial charge in [-0.2, -0.15) is 0 Å². The van der Waals surface area contributed by atoms with Crippen LogP contribution in [0.15, 0.2) is 53.0 Å².